The van der Waals surface area contributed by atoms with E-state index in [0.717, 1.165) is 19.0 Å². The van der Waals surface area contributed by atoms with Crippen molar-refractivity contribution in [2.75, 3.05) is 6.54 Å². The summed E-state index contributed by atoms with van der Waals surface area (Å²) in [4.78, 5) is 15.3. The second-order valence-corrected chi connectivity index (χ2v) is 4.22. The van der Waals surface area contributed by atoms with E-state index < -0.39 is 17.8 Å². The standard InChI is InChI=1S/C13H19FN2O2/c1-3-9(4-2)12(17)8-16-13(18)11-6-5-10(14)7-15-11/h5-7,9,12,17H,3-4,8H2,1-2H3,(H,16,18). The van der Waals surface area contributed by atoms with Gasteiger partial charge in [-0.3, -0.25) is 4.79 Å². The predicted molar refractivity (Wildman–Crippen MR) is 66.6 cm³/mol. The van der Waals surface area contributed by atoms with E-state index in [0.29, 0.717) is 0 Å². The molecule has 0 aliphatic rings. The van der Waals surface area contributed by atoms with Crippen LogP contribution < -0.4 is 5.32 Å². The quantitative estimate of drug-likeness (QED) is 0.813. The second kappa shape index (κ2) is 7.06. The van der Waals surface area contributed by atoms with Crippen LogP contribution in [0.1, 0.15) is 37.2 Å². The van der Waals surface area contributed by atoms with Gasteiger partial charge in [-0.25, -0.2) is 9.37 Å². The molecule has 0 radical (unpaired) electrons. The van der Waals surface area contributed by atoms with Crippen molar-refractivity contribution in [2.45, 2.75) is 32.8 Å². The van der Waals surface area contributed by atoms with Gasteiger partial charge in [0, 0.05) is 6.54 Å². The number of nitrogens with one attached hydrogen (secondary N) is 1. The molecule has 0 saturated heterocycles. The molecule has 18 heavy (non-hydrogen) atoms. The average Bonchev–Trinajstić information content (AvgIpc) is 2.38. The van der Waals surface area contributed by atoms with Gasteiger partial charge in [-0.05, 0) is 18.1 Å². The Morgan fingerprint density at radius 2 is 2.11 bits per heavy atom. The fourth-order valence-electron chi connectivity index (χ4n) is 1.80. The monoisotopic (exact) mass is 254 g/mol. The number of aromatic nitrogens is 1. The minimum absolute atomic E-state index is 0.146. The van der Waals surface area contributed by atoms with Crippen LogP contribution in [0.4, 0.5) is 4.39 Å². The molecule has 0 fully saturated rings. The maximum atomic E-state index is 12.6. The Hall–Kier alpha value is -1.49. The summed E-state index contributed by atoms with van der Waals surface area (Å²) in [6.45, 7) is 4.19. The molecule has 1 amide bonds. The van der Waals surface area contributed by atoms with E-state index in [4.69, 9.17) is 0 Å². The summed E-state index contributed by atoms with van der Waals surface area (Å²) >= 11 is 0. The smallest absolute Gasteiger partial charge is 0.269 e. The van der Waals surface area contributed by atoms with Crippen molar-refractivity contribution in [2.24, 2.45) is 5.92 Å². The fourth-order valence-corrected chi connectivity index (χ4v) is 1.80. The highest BCUT2D eigenvalue weighted by Gasteiger charge is 2.16. The van der Waals surface area contributed by atoms with E-state index in [9.17, 15) is 14.3 Å². The maximum absolute atomic E-state index is 12.6. The number of hydrogen-bond donors (Lipinski definition) is 2. The Balaban J connectivity index is 2.48. The zero-order valence-corrected chi connectivity index (χ0v) is 10.7. The Bertz CT molecular complexity index is 377. The molecule has 1 heterocycles. The topological polar surface area (TPSA) is 62.2 Å². The van der Waals surface area contributed by atoms with Gasteiger partial charge < -0.3 is 10.4 Å². The lowest BCUT2D eigenvalue weighted by molar-refractivity contribution is 0.0813. The van der Waals surface area contributed by atoms with Crippen molar-refractivity contribution in [1.29, 1.82) is 0 Å². The molecule has 0 spiro atoms. The lowest BCUT2D eigenvalue weighted by atomic mass is 9.96. The summed E-state index contributed by atoms with van der Waals surface area (Å²) < 4.78 is 12.6. The highest BCUT2D eigenvalue weighted by Crippen LogP contribution is 2.12. The summed E-state index contributed by atoms with van der Waals surface area (Å²) in [7, 11) is 0. The van der Waals surface area contributed by atoms with Crippen LogP contribution in [0.2, 0.25) is 0 Å². The van der Waals surface area contributed by atoms with Crippen molar-refractivity contribution in [3.8, 4) is 0 Å². The Kier molecular flexibility index (Phi) is 5.71. The van der Waals surface area contributed by atoms with Gasteiger partial charge in [0.1, 0.15) is 11.5 Å². The first-order chi connectivity index (χ1) is 8.58. The zero-order chi connectivity index (χ0) is 13.5. The molecule has 0 saturated carbocycles. The first-order valence-corrected chi connectivity index (χ1v) is 6.16. The van der Waals surface area contributed by atoms with Crippen LogP contribution in [0.15, 0.2) is 18.3 Å². The molecule has 1 aromatic rings. The van der Waals surface area contributed by atoms with E-state index in [1.807, 2.05) is 13.8 Å². The van der Waals surface area contributed by atoms with E-state index in [-0.39, 0.29) is 18.2 Å². The summed E-state index contributed by atoms with van der Waals surface area (Å²) in [5.41, 5.74) is 0.146. The number of halogens is 1. The molecule has 1 aromatic heterocycles. The number of rotatable bonds is 6. The Labute approximate surface area is 106 Å². The van der Waals surface area contributed by atoms with E-state index in [1.165, 1.54) is 12.1 Å². The number of carbonyl (C=O) groups is 1. The van der Waals surface area contributed by atoms with Gasteiger partial charge in [-0.2, -0.15) is 0 Å². The van der Waals surface area contributed by atoms with E-state index in [1.54, 1.807) is 0 Å². The summed E-state index contributed by atoms with van der Waals surface area (Å²) in [5.74, 6) is -0.713. The molecule has 0 aromatic carbocycles. The second-order valence-electron chi connectivity index (χ2n) is 4.22. The first-order valence-electron chi connectivity index (χ1n) is 6.16. The minimum Gasteiger partial charge on any atom is -0.391 e. The van der Waals surface area contributed by atoms with Crippen LogP contribution in [-0.4, -0.2) is 28.6 Å². The van der Waals surface area contributed by atoms with Crippen LogP contribution in [-0.2, 0) is 0 Å². The molecule has 0 aliphatic carbocycles. The summed E-state index contributed by atoms with van der Waals surface area (Å²) in [5, 5.41) is 12.4. The van der Waals surface area contributed by atoms with Crippen molar-refractivity contribution >= 4 is 5.91 Å². The lowest BCUT2D eigenvalue weighted by Crippen LogP contribution is -2.36. The van der Waals surface area contributed by atoms with Gasteiger partial charge in [-0.15, -0.1) is 0 Å². The highest BCUT2D eigenvalue weighted by atomic mass is 19.1. The van der Waals surface area contributed by atoms with Crippen LogP contribution in [0, 0.1) is 11.7 Å². The normalized spacial score (nSPS) is 12.5. The molecule has 2 N–H and O–H groups in total. The summed E-state index contributed by atoms with van der Waals surface area (Å²) in [6, 6.07) is 2.49. The molecular weight excluding hydrogens is 235 g/mol. The van der Waals surface area contributed by atoms with Gasteiger partial charge in [0.05, 0.1) is 12.3 Å². The number of hydrogen-bond acceptors (Lipinski definition) is 3. The third kappa shape index (κ3) is 4.07. The zero-order valence-electron chi connectivity index (χ0n) is 10.7. The third-order valence-electron chi connectivity index (χ3n) is 3.02. The lowest BCUT2D eigenvalue weighted by Gasteiger charge is -2.20. The Morgan fingerprint density at radius 1 is 1.44 bits per heavy atom. The van der Waals surface area contributed by atoms with Crippen LogP contribution >= 0.6 is 0 Å². The van der Waals surface area contributed by atoms with Gasteiger partial charge in [0.2, 0.25) is 0 Å². The van der Waals surface area contributed by atoms with Crippen LogP contribution in [0.5, 0.6) is 0 Å². The van der Waals surface area contributed by atoms with E-state index in [2.05, 4.69) is 10.3 Å². The largest absolute Gasteiger partial charge is 0.391 e. The number of aliphatic hydroxyl groups excluding tert-OH is 1. The number of nitrogens with zero attached hydrogens (tertiary/aromatic N) is 1. The Morgan fingerprint density at radius 3 is 2.61 bits per heavy atom. The molecule has 0 aliphatic heterocycles. The molecule has 0 bridgehead atoms. The minimum atomic E-state index is -0.565. The average molecular weight is 254 g/mol. The summed E-state index contributed by atoms with van der Waals surface area (Å²) in [6.07, 6.45) is 2.15. The van der Waals surface area contributed by atoms with Gasteiger partial charge >= 0.3 is 0 Å². The van der Waals surface area contributed by atoms with Crippen LogP contribution in [0.3, 0.4) is 0 Å². The molecule has 1 unspecified atom stereocenters. The molecule has 1 rings (SSSR count). The van der Waals surface area contributed by atoms with Crippen molar-refractivity contribution < 1.29 is 14.3 Å². The van der Waals surface area contributed by atoms with Gasteiger partial charge in [0.15, 0.2) is 0 Å². The third-order valence-corrected chi connectivity index (χ3v) is 3.02. The molecule has 100 valence electrons. The molecular formula is C13H19FN2O2. The molecule has 1 atom stereocenters. The van der Waals surface area contributed by atoms with Gasteiger partial charge in [-0.1, -0.05) is 26.7 Å². The SMILES string of the molecule is CCC(CC)C(O)CNC(=O)c1ccc(F)cn1. The van der Waals surface area contributed by atoms with Gasteiger partial charge in [0.25, 0.3) is 5.91 Å². The number of amides is 1. The fraction of sp³-hybridized carbons (Fsp3) is 0.538. The van der Waals surface area contributed by atoms with Crippen molar-refractivity contribution in [1.82, 2.24) is 10.3 Å². The number of carbonyl (C=O) groups excluding carboxylic acids is 1. The first kappa shape index (κ1) is 14.6. The number of aliphatic hydroxyl groups is 1. The molecule has 5 heteroatoms. The van der Waals surface area contributed by atoms with Crippen LogP contribution in [0.25, 0.3) is 0 Å². The van der Waals surface area contributed by atoms with Crippen molar-refractivity contribution in [3.63, 3.8) is 0 Å². The van der Waals surface area contributed by atoms with E-state index >= 15 is 0 Å². The maximum Gasteiger partial charge on any atom is 0.269 e. The molecule has 4 nitrogen and oxygen atoms in total. The predicted octanol–water partition coefficient (Wildman–Crippen LogP) is 1.75. The number of pyridine rings is 1. The highest BCUT2D eigenvalue weighted by molar-refractivity contribution is 5.92. The van der Waals surface area contributed by atoms with Crippen molar-refractivity contribution in [3.05, 3.63) is 29.8 Å².